The van der Waals surface area contributed by atoms with Gasteiger partial charge in [0.25, 0.3) is 5.91 Å². The highest BCUT2D eigenvalue weighted by molar-refractivity contribution is 6.30. The van der Waals surface area contributed by atoms with Gasteiger partial charge in [-0.2, -0.15) is 0 Å². The fourth-order valence-electron chi connectivity index (χ4n) is 4.05. The van der Waals surface area contributed by atoms with Crippen LogP contribution in [0.25, 0.3) is 0 Å². The van der Waals surface area contributed by atoms with Crippen molar-refractivity contribution in [2.24, 2.45) is 0 Å². The van der Waals surface area contributed by atoms with Gasteiger partial charge in [-0.25, -0.2) is 4.90 Å². The maximum atomic E-state index is 13.0. The van der Waals surface area contributed by atoms with Gasteiger partial charge >= 0.3 is 6.36 Å². The molecule has 2 heterocycles. The summed E-state index contributed by atoms with van der Waals surface area (Å²) in [5, 5.41) is 0.690. The second kappa shape index (κ2) is 9.09. The lowest BCUT2D eigenvalue weighted by Crippen LogP contribution is -2.52. The standard InChI is InChI=1S/C22H21ClF3N3O3/c23-16-3-1-15(2-4-16)14-27-9-11-28(12-10-27)19-13-20(30)29(21(19)31)17-5-7-18(8-6-17)32-22(24,25)26/h1-8,19H,9-14H2. The van der Waals surface area contributed by atoms with Crippen LogP contribution < -0.4 is 9.64 Å². The topological polar surface area (TPSA) is 53.1 Å². The minimum atomic E-state index is -4.80. The van der Waals surface area contributed by atoms with Gasteiger partial charge in [-0.1, -0.05) is 23.7 Å². The minimum absolute atomic E-state index is 0.0524. The molecule has 170 valence electrons. The van der Waals surface area contributed by atoms with Crippen LogP contribution in [-0.2, 0) is 16.1 Å². The second-order valence-electron chi connectivity index (χ2n) is 7.77. The molecule has 10 heteroatoms. The summed E-state index contributed by atoms with van der Waals surface area (Å²) in [6.07, 6.45) is -4.75. The number of nitrogens with zero attached hydrogens (tertiary/aromatic N) is 3. The number of imide groups is 1. The van der Waals surface area contributed by atoms with Crippen molar-refractivity contribution in [2.75, 3.05) is 31.1 Å². The molecule has 2 aliphatic heterocycles. The molecule has 2 aliphatic rings. The zero-order chi connectivity index (χ0) is 22.9. The molecule has 1 atom stereocenters. The average molecular weight is 468 g/mol. The van der Waals surface area contributed by atoms with Gasteiger partial charge in [-0.3, -0.25) is 19.4 Å². The lowest BCUT2D eigenvalue weighted by molar-refractivity contribution is -0.274. The van der Waals surface area contributed by atoms with Crippen molar-refractivity contribution in [3.8, 4) is 5.75 Å². The molecule has 2 amide bonds. The Hall–Kier alpha value is -2.62. The van der Waals surface area contributed by atoms with E-state index in [9.17, 15) is 22.8 Å². The van der Waals surface area contributed by atoms with E-state index in [1.54, 1.807) is 0 Å². The number of hydrogen-bond acceptors (Lipinski definition) is 5. The number of rotatable bonds is 5. The number of carbonyl (C=O) groups excluding carboxylic acids is 2. The first kappa shape index (κ1) is 22.6. The van der Waals surface area contributed by atoms with Gasteiger partial charge in [-0.05, 0) is 42.0 Å². The van der Waals surface area contributed by atoms with Crippen molar-refractivity contribution < 1.29 is 27.5 Å². The van der Waals surface area contributed by atoms with Crippen LogP contribution in [0.5, 0.6) is 5.75 Å². The van der Waals surface area contributed by atoms with Gasteiger partial charge in [0.15, 0.2) is 0 Å². The fraction of sp³-hybridized carbons (Fsp3) is 0.364. The molecular weight excluding hydrogens is 447 g/mol. The Bertz CT molecular complexity index is 975. The first-order valence-electron chi connectivity index (χ1n) is 10.1. The number of benzene rings is 2. The summed E-state index contributed by atoms with van der Waals surface area (Å²) in [5.41, 5.74) is 1.39. The van der Waals surface area contributed by atoms with Crippen LogP contribution in [0, 0.1) is 0 Å². The summed E-state index contributed by atoms with van der Waals surface area (Å²) in [6, 6.07) is 11.9. The van der Waals surface area contributed by atoms with E-state index in [1.807, 2.05) is 29.2 Å². The first-order valence-corrected chi connectivity index (χ1v) is 10.5. The summed E-state index contributed by atoms with van der Waals surface area (Å²) in [5.74, 6) is -1.13. The maximum absolute atomic E-state index is 13.0. The van der Waals surface area contributed by atoms with Crippen LogP contribution >= 0.6 is 11.6 Å². The van der Waals surface area contributed by atoms with E-state index in [-0.39, 0.29) is 23.9 Å². The van der Waals surface area contributed by atoms with Gasteiger partial charge in [0, 0.05) is 37.7 Å². The number of halogens is 4. The third kappa shape index (κ3) is 5.23. The van der Waals surface area contributed by atoms with Crippen molar-refractivity contribution in [2.45, 2.75) is 25.4 Å². The lowest BCUT2D eigenvalue weighted by atomic mass is 10.1. The largest absolute Gasteiger partial charge is 0.573 e. The zero-order valence-electron chi connectivity index (χ0n) is 17.0. The Labute approximate surface area is 188 Å². The number of carbonyl (C=O) groups is 2. The van der Waals surface area contributed by atoms with E-state index in [2.05, 4.69) is 9.64 Å². The predicted octanol–water partition coefficient (Wildman–Crippen LogP) is 3.69. The molecule has 0 spiro atoms. The third-order valence-electron chi connectivity index (χ3n) is 5.62. The molecule has 1 unspecified atom stereocenters. The first-order chi connectivity index (χ1) is 15.2. The molecule has 0 N–H and O–H groups in total. The Kier molecular flexibility index (Phi) is 6.41. The molecule has 0 saturated carbocycles. The van der Waals surface area contributed by atoms with Gasteiger partial charge < -0.3 is 4.74 Å². The van der Waals surface area contributed by atoms with Gasteiger partial charge in [0.1, 0.15) is 5.75 Å². The Morgan fingerprint density at radius 1 is 0.938 bits per heavy atom. The van der Waals surface area contributed by atoms with Gasteiger partial charge in [0.2, 0.25) is 5.91 Å². The summed E-state index contributed by atoms with van der Waals surface area (Å²) >= 11 is 5.93. The van der Waals surface area contributed by atoms with E-state index in [0.29, 0.717) is 18.1 Å². The highest BCUT2D eigenvalue weighted by Gasteiger charge is 2.43. The predicted molar refractivity (Wildman–Crippen MR) is 112 cm³/mol. The molecule has 0 bridgehead atoms. The smallest absolute Gasteiger partial charge is 0.406 e. The Morgan fingerprint density at radius 2 is 1.56 bits per heavy atom. The normalized spacial score (nSPS) is 20.8. The molecule has 0 aromatic heterocycles. The van der Waals surface area contributed by atoms with E-state index >= 15 is 0 Å². The SMILES string of the molecule is O=C1CC(N2CCN(Cc3ccc(Cl)cc3)CC2)C(=O)N1c1ccc(OC(F)(F)F)cc1. The number of amides is 2. The fourth-order valence-corrected chi connectivity index (χ4v) is 4.18. The van der Waals surface area contributed by atoms with Crippen molar-refractivity contribution in [1.82, 2.24) is 9.80 Å². The van der Waals surface area contributed by atoms with Crippen molar-refractivity contribution in [3.63, 3.8) is 0 Å². The highest BCUT2D eigenvalue weighted by Crippen LogP contribution is 2.30. The molecular formula is C22H21ClF3N3O3. The number of ether oxygens (including phenoxy) is 1. The van der Waals surface area contributed by atoms with Crippen LogP contribution in [0.2, 0.25) is 5.02 Å². The zero-order valence-corrected chi connectivity index (χ0v) is 17.8. The number of piperazine rings is 1. The van der Waals surface area contributed by atoms with Crippen molar-refractivity contribution in [3.05, 3.63) is 59.1 Å². The van der Waals surface area contributed by atoms with Crippen LogP contribution in [0.1, 0.15) is 12.0 Å². The molecule has 6 nitrogen and oxygen atoms in total. The number of hydrogen-bond donors (Lipinski definition) is 0. The lowest BCUT2D eigenvalue weighted by Gasteiger charge is -2.37. The highest BCUT2D eigenvalue weighted by atomic mass is 35.5. The van der Waals surface area contributed by atoms with Crippen LogP contribution in [-0.4, -0.2) is 60.2 Å². The summed E-state index contributed by atoms with van der Waals surface area (Å²) in [6.45, 7) is 3.57. The Balaban J connectivity index is 1.35. The summed E-state index contributed by atoms with van der Waals surface area (Å²) in [4.78, 5) is 30.8. The molecule has 0 aliphatic carbocycles. The third-order valence-corrected chi connectivity index (χ3v) is 5.87. The molecule has 2 saturated heterocycles. The van der Waals surface area contributed by atoms with Crippen LogP contribution in [0.3, 0.4) is 0 Å². The average Bonchev–Trinajstić information content (AvgIpc) is 3.04. The van der Waals surface area contributed by atoms with Crippen LogP contribution in [0.4, 0.5) is 18.9 Å². The molecule has 4 rings (SSSR count). The molecule has 2 fully saturated rings. The molecule has 2 aromatic rings. The monoisotopic (exact) mass is 467 g/mol. The summed E-state index contributed by atoms with van der Waals surface area (Å²) in [7, 11) is 0. The molecule has 2 aromatic carbocycles. The van der Waals surface area contributed by atoms with Crippen molar-refractivity contribution in [1.29, 1.82) is 0 Å². The van der Waals surface area contributed by atoms with Gasteiger partial charge in [-0.15, -0.1) is 13.2 Å². The Morgan fingerprint density at radius 3 is 2.16 bits per heavy atom. The van der Waals surface area contributed by atoms with E-state index in [4.69, 9.17) is 11.6 Å². The molecule has 32 heavy (non-hydrogen) atoms. The van der Waals surface area contributed by atoms with E-state index < -0.39 is 18.2 Å². The maximum Gasteiger partial charge on any atom is 0.573 e. The van der Waals surface area contributed by atoms with Crippen molar-refractivity contribution >= 4 is 29.1 Å². The van der Waals surface area contributed by atoms with E-state index in [1.165, 1.54) is 12.1 Å². The second-order valence-corrected chi connectivity index (χ2v) is 8.20. The summed E-state index contributed by atoms with van der Waals surface area (Å²) < 4.78 is 40.8. The minimum Gasteiger partial charge on any atom is -0.406 e. The number of anilines is 1. The van der Waals surface area contributed by atoms with Gasteiger partial charge in [0.05, 0.1) is 18.2 Å². The van der Waals surface area contributed by atoms with E-state index in [0.717, 1.165) is 42.2 Å². The number of alkyl halides is 3. The molecule has 0 radical (unpaired) electrons. The quantitative estimate of drug-likeness (QED) is 0.628. The van der Waals surface area contributed by atoms with Crippen LogP contribution in [0.15, 0.2) is 48.5 Å².